The van der Waals surface area contributed by atoms with Crippen molar-refractivity contribution in [3.05, 3.63) is 42.2 Å². The van der Waals surface area contributed by atoms with Gasteiger partial charge < -0.3 is 14.8 Å². The lowest BCUT2D eigenvalue weighted by molar-refractivity contribution is 0.425. The molecule has 0 unspecified atom stereocenters. The van der Waals surface area contributed by atoms with Gasteiger partial charge in [0.05, 0.1) is 0 Å². The van der Waals surface area contributed by atoms with E-state index >= 15 is 0 Å². The lowest BCUT2D eigenvalue weighted by atomic mass is 9.80. The number of hydrogen-bond donors (Lipinski definition) is 2. The molecule has 0 fully saturated rings. The molecule has 1 aromatic carbocycles. The van der Waals surface area contributed by atoms with Crippen LogP contribution >= 0.6 is 0 Å². The summed E-state index contributed by atoms with van der Waals surface area (Å²) in [5.41, 5.74) is 1.22. The fraction of sp³-hybridized carbons (Fsp3) is 0.0909. The zero-order valence-corrected chi connectivity index (χ0v) is 9.24. The summed E-state index contributed by atoms with van der Waals surface area (Å²) < 4.78 is 5.41. The van der Waals surface area contributed by atoms with Gasteiger partial charge in [-0.2, -0.15) is 0 Å². The van der Waals surface area contributed by atoms with Gasteiger partial charge in [-0.1, -0.05) is 12.1 Å². The van der Waals surface area contributed by atoms with Gasteiger partial charge in [0.1, 0.15) is 5.75 Å². The largest absolute Gasteiger partial charge is 0.488 e. The zero-order valence-electron chi connectivity index (χ0n) is 9.24. The molecule has 17 heavy (non-hydrogen) atoms. The third-order valence-electron chi connectivity index (χ3n) is 2.16. The molecule has 86 valence electrons. The van der Waals surface area contributed by atoms with Gasteiger partial charge in [0.2, 0.25) is 0 Å². The molecule has 2 rings (SSSR count). The maximum absolute atomic E-state index is 8.93. The van der Waals surface area contributed by atoms with Gasteiger partial charge in [0, 0.05) is 11.9 Å². The van der Waals surface area contributed by atoms with E-state index in [4.69, 9.17) is 14.8 Å². The summed E-state index contributed by atoms with van der Waals surface area (Å²) in [6.45, 7) is 1.85. The Labute approximate surface area is 98.9 Å². The summed E-state index contributed by atoms with van der Waals surface area (Å²) in [5, 5.41) is 17.9. The summed E-state index contributed by atoms with van der Waals surface area (Å²) in [4.78, 5) is 8.05. The van der Waals surface area contributed by atoms with Crippen molar-refractivity contribution in [3.63, 3.8) is 0 Å². The first-order valence-electron chi connectivity index (χ1n) is 5.09. The predicted octanol–water partition coefficient (Wildman–Crippen LogP) is 0.257. The van der Waals surface area contributed by atoms with Gasteiger partial charge in [-0.15, -0.1) is 0 Å². The Hall–Kier alpha value is -1.92. The molecule has 0 bridgehead atoms. The van der Waals surface area contributed by atoms with E-state index in [1.165, 1.54) is 0 Å². The Bertz CT molecular complexity index is 502. The van der Waals surface area contributed by atoms with Crippen LogP contribution in [0.1, 0.15) is 5.69 Å². The van der Waals surface area contributed by atoms with E-state index < -0.39 is 7.12 Å². The topological polar surface area (TPSA) is 75.5 Å². The van der Waals surface area contributed by atoms with Gasteiger partial charge >= 0.3 is 13.1 Å². The third-order valence-corrected chi connectivity index (χ3v) is 2.16. The van der Waals surface area contributed by atoms with E-state index in [-0.39, 0.29) is 6.01 Å². The van der Waals surface area contributed by atoms with Crippen LogP contribution in [0.2, 0.25) is 0 Å². The molecule has 2 aromatic rings. The lowest BCUT2D eigenvalue weighted by Crippen LogP contribution is -2.29. The van der Waals surface area contributed by atoms with Gasteiger partial charge in [0.15, 0.2) is 0 Å². The molecule has 5 nitrogen and oxygen atoms in total. The highest BCUT2D eigenvalue weighted by Gasteiger charge is 2.10. The normalized spacial score (nSPS) is 10.1. The van der Waals surface area contributed by atoms with Crippen molar-refractivity contribution in [1.29, 1.82) is 0 Å². The van der Waals surface area contributed by atoms with Crippen molar-refractivity contribution < 1.29 is 14.8 Å². The van der Waals surface area contributed by atoms with Crippen molar-refractivity contribution in [1.82, 2.24) is 9.97 Å². The van der Waals surface area contributed by atoms with E-state index in [0.29, 0.717) is 11.2 Å². The predicted molar refractivity (Wildman–Crippen MR) is 63.1 cm³/mol. The summed E-state index contributed by atoms with van der Waals surface area (Å²) in [7, 11) is -1.47. The number of aryl methyl sites for hydroxylation is 1. The standard InChI is InChI=1S/C11H11BN2O3/c1-8-6-7-13-11(14-8)17-10-4-2-9(3-5-10)12(15)16/h2-7,15-16H,1H3. The van der Waals surface area contributed by atoms with E-state index in [2.05, 4.69) is 9.97 Å². The van der Waals surface area contributed by atoms with Crippen LogP contribution in [0.15, 0.2) is 36.5 Å². The van der Waals surface area contributed by atoms with Gasteiger partial charge in [0.25, 0.3) is 0 Å². The fourth-order valence-electron chi connectivity index (χ4n) is 1.29. The van der Waals surface area contributed by atoms with Crippen LogP contribution in [0.4, 0.5) is 0 Å². The van der Waals surface area contributed by atoms with Crippen molar-refractivity contribution >= 4 is 12.6 Å². The van der Waals surface area contributed by atoms with Crippen LogP contribution in [0.5, 0.6) is 11.8 Å². The molecule has 0 spiro atoms. The van der Waals surface area contributed by atoms with Crippen LogP contribution < -0.4 is 10.2 Å². The van der Waals surface area contributed by atoms with E-state index in [9.17, 15) is 0 Å². The van der Waals surface area contributed by atoms with Crippen LogP contribution in [0.3, 0.4) is 0 Å². The monoisotopic (exact) mass is 230 g/mol. The minimum Gasteiger partial charge on any atom is -0.424 e. The molecule has 1 heterocycles. The second kappa shape index (κ2) is 4.94. The molecule has 0 aliphatic rings. The quantitative estimate of drug-likeness (QED) is 0.739. The minimum atomic E-state index is -1.47. The van der Waals surface area contributed by atoms with Crippen molar-refractivity contribution in [2.45, 2.75) is 6.92 Å². The maximum atomic E-state index is 8.93. The van der Waals surface area contributed by atoms with Gasteiger partial charge in [-0.05, 0) is 30.6 Å². The fourth-order valence-corrected chi connectivity index (χ4v) is 1.29. The number of nitrogens with zero attached hydrogens (tertiary/aromatic N) is 2. The summed E-state index contributed by atoms with van der Waals surface area (Å²) in [5.74, 6) is 0.542. The molecule has 0 saturated heterocycles. The molecule has 0 radical (unpaired) electrons. The SMILES string of the molecule is Cc1ccnc(Oc2ccc(B(O)O)cc2)n1. The molecular weight excluding hydrogens is 219 g/mol. The van der Waals surface area contributed by atoms with Gasteiger partial charge in [-0.3, -0.25) is 0 Å². The number of benzene rings is 1. The second-order valence-corrected chi connectivity index (χ2v) is 3.53. The maximum Gasteiger partial charge on any atom is 0.488 e. The first-order valence-corrected chi connectivity index (χ1v) is 5.09. The first kappa shape index (κ1) is 11.6. The Morgan fingerprint density at radius 3 is 2.41 bits per heavy atom. The summed E-state index contributed by atoms with van der Waals surface area (Å²) >= 11 is 0. The molecule has 0 amide bonds. The lowest BCUT2D eigenvalue weighted by Gasteiger charge is -2.05. The van der Waals surface area contributed by atoms with E-state index in [0.717, 1.165) is 5.69 Å². The molecule has 0 aliphatic carbocycles. The molecular formula is C11H11BN2O3. The van der Waals surface area contributed by atoms with Crippen molar-refractivity contribution in [2.75, 3.05) is 0 Å². The molecule has 2 N–H and O–H groups in total. The molecule has 0 aliphatic heterocycles. The second-order valence-electron chi connectivity index (χ2n) is 3.53. The van der Waals surface area contributed by atoms with Crippen LogP contribution in [0, 0.1) is 6.92 Å². The molecule has 0 saturated carbocycles. The van der Waals surface area contributed by atoms with Gasteiger partial charge in [-0.25, -0.2) is 9.97 Å². The molecule has 0 atom stereocenters. The van der Waals surface area contributed by atoms with Crippen LogP contribution in [0.25, 0.3) is 0 Å². The number of ether oxygens (including phenoxy) is 1. The summed E-state index contributed by atoms with van der Waals surface area (Å²) in [6, 6.07) is 8.42. The third kappa shape index (κ3) is 3.02. The highest BCUT2D eigenvalue weighted by Crippen LogP contribution is 2.15. The number of hydrogen-bond acceptors (Lipinski definition) is 5. The van der Waals surface area contributed by atoms with Crippen LogP contribution in [-0.4, -0.2) is 27.1 Å². The summed E-state index contributed by atoms with van der Waals surface area (Å²) in [6.07, 6.45) is 1.61. The average Bonchev–Trinajstić information content (AvgIpc) is 2.29. The van der Waals surface area contributed by atoms with E-state index in [1.54, 1.807) is 36.5 Å². The Morgan fingerprint density at radius 1 is 1.12 bits per heavy atom. The average molecular weight is 230 g/mol. The zero-order chi connectivity index (χ0) is 12.3. The molecule has 6 heteroatoms. The van der Waals surface area contributed by atoms with E-state index in [1.807, 2.05) is 6.92 Å². The Balaban J connectivity index is 2.14. The smallest absolute Gasteiger partial charge is 0.424 e. The first-order chi connectivity index (χ1) is 8.15. The highest BCUT2D eigenvalue weighted by atomic mass is 16.5. The highest BCUT2D eigenvalue weighted by molar-refractivity contribution is 6.58. The molecule has 1 aromatic heterocycles. The number of aromatic nitrogens is 2. The van der Waals surface area contributed by atoms with Crippen molar-refractivity contribution in [3.8, 4) is 11.8 Å². The Kier molecular flexibility index (Phi) is 3.36. The van der Waals surface area contributed by atoms with Crippen LogP contribution in [-0.2, 0) is 0 Å². The van der Waals surface area contributed by atoms with Crippen molar-refractivity contribution in [2.24, 2.45) is 0 Å². The number of rotatable bonds is 3. The Morgan fingerprint density at radius 2 is 1.82 bits per heavy atom. The minimum absolute atomic E-state index is 0.266.